The summed E-state index contributed by atoms with van der Waals surface area (Å²) in [7, 11) is 7.81. The molecule has 0 aromatic heterocycles. The average molecular weight is 272 g/mol. The van der Waals surface area contributed by atoms with Gasteiger partial charge in [-0.05, 0) is 32.3 Å². The molecule has 20 heavy (non-hydrogen) atoms. The van der Waals surface area contributed by atoms with Crippen LogP contribution >= 0.6 is 0 Å². The summed E-state index contributed by atoms with van der Waals surface area (Å²) in [5.41, 5.74) is 2.48. The molecule has 0 radical (unpaired) electrons. The van der Waals surface area contributed by atoms with Crippen molar-refractivity contribution < 1.29 is 4.79 Å². The summed E-state index contributed by atoms with van der Waals surface area (Å²) < 4.78 is 0. The number of anilines is 1. The van der Waals surface area contributed by atoms with E-state index in [9.17, 15) is 10.1 Å². The molecule has 0 bridgehead atoms. The first-order valence-corrected chi connectivity index (χ1v) is 6.62. The average Bonchev–Trinajstić information content (AvgIpc) is 2.68. The highest BCUT2D eigenvalue weighted by Gasteiger charge is 2.36. The molecule has 2 rings (SSSR count). The fraction of sp³-hybridized carbons (Fsp3) is 0.467. The number of carbonyl (C=O) groups excluding carboxylic acids is 1. The van der Waals surface area contributed by atoms with E-state index in [2.05, 4.69) is 6.07 Å². The van der Waals surface area contributed by atoms with Crippen molar-refractivity contribution >= 4 is 11.6 Å². The van der Waals surface area contributed by atoms with Crippen LogP contribution in [0.25, 0.3) is 0 Å². The highest BCUT2D eigenvalue weighted by molar-refractivity contribution is 6.00. The molecule has 0 N–H and O–H groups in total. The monoisotopic (exact) mass is 272 g/mol. The molecular formula is C15H20N4O. The lowest BCUT2D eigenvalue weighted by atomic mass is 10.0. The van der Waals surface area contributed by atoms with Crippen LogP contribution in [-0.2, 0) is 0 Å². The van der Waals surface area contributed by atoms with Crippen molar-refractivity contribution in [2.45, 2.75) is 6.04 Å². The van der Waals surface area contributed by atoms with Crippen LogP contribution in [0, 0.1) is 11.3 Å². The first-order valence-electron chi connectivity index (χ1n) is 6.62. The van der Waals surface area contributed by atoms with Gasteiger partial charge in [-0.25, -0.2) is 0 Å². The van der Waals surface area contributed by atoms with E-state index in [0.717, 1.165) is 17.8 Å². The van der Waals surface area contributed by atoms with E-state index < -0.39 is 6.04 Å². The van der Waals surface area contributed by atoms with Crippen molar-refractivity contribution in [2.24, 2.45) is 0 Å². The van der Waals surface area contributed by atoms with E-state index in [1.807, 2.05) is 56.2 Å². The van der Waals surface area contributed by atoms with Crippen molar-refractivity contribution in [3.8, 4) is 6.07 Å². The molecule has 1 unspecified atom stereocenters. The fourth-order valence-electron chi connectivity index (χ4n) is 2.37. The molecule has 0 fully saturated rings. The number of nitriles is 1. The summed E-state index contributed by atoms with van der Waals surface area (Å²) in [4.78, 5) is 18.0. The summed E-state index contributed by atoms with van der Waals surface area (Å²) in [5.74, 6) is -0.0429. The number of hydrogen-bond acceptors (Lipinski definition) is 4. The van der Waals surface area contributed by atoms with Gasteiger partial charge in [0.05, 0.1) is 6.07 Å². The molecule has 106 valence electrons. The normalized spacial score (nSPS) is 17.3. The topological polar surface area (TPSA) is 50.6 Å². The largest absolute Gasteiger partial charge is 0.378 e. The maximum Gasteiger partial charge on any atom is 0.255 e. The molecule has 1 heterocycles. The molecule has 0 saturated heterocycles. The minimum atomic E-state index is -0.475. The zero-order valence-corrected chi connectivity index (χ0v) is 12.4. The van der Waals surface area contributed by atoms with E-state index in [-0.39, 0.29) is 5.91 Å². The standard InChI is InChI=1S/C15H20N4O/c1-17(2)7-8-19-14(10-16)13-9-11(18(3)4)5-6-12(13)15(19)20/h5-6,9,14H,7-8H2,1-4H3. The van der Waals surface area contributed by atoms with E-state index >= 15 is 0 Å². The van der Waals surface area contributed by atoms with Crippen LogP contribution < -0.4 is 4.90 Å². The van der Waals surface area contributed by atoms with E-state index in [1.165, 1.54) is 0 Å². The fourth-order valence-corrected chi connectivity index (χ4v) is 2.37. The SMILES string of the molecule is CN(C)CCN1C(=O)c2ccc(N(C)C)cc2C1C#N. The third-order valence-corrected chi connectivity index (χ3v) is 3.56. The summed E-state index contributed by atoms with van der Waals surface area (Å²) in [5, 5.41) is 9.42. The van der Waals surface area contributed by atoms with Crippen LogP contribution in [-0.4, -0.2) is 57.0 Å². The second kappa shape index (κ2) is 5.51. The Hall–Kier alpha value is -2.06. The molecule has 5 heteroatoms. The Bertz CT molecular complexity index is 559. The summed E-state index contributed by atoms with van der Waals surface area (Å²) in [6.07, 6.45) is 0. The van der Waals surface area contributed by atoms with E-state index in [4.69, 9.17) is 0 Å². The number of benzene rings is 1. The maximum absolute atomic E-state index is 12.4. The molecule has 1 aromatic rings. The van der Waals surface area contributed by atoms with Crippen molar-refractivity contribution in [3.05, 3.63) is 29.3 Å². The number of hydrogen-bond donors (Lipinski definition) is 0. The Morgan fingerprint density at radius 3 is 2.55 bits per heavy atom. The number of nitrogens with zero attached hydrogens (tertiary/aromatic N) is 4. The quantitative estimate of drug-likeness (QED) is 0.830. The van der Waals surface area contributed by atoms with Crippen molar-refractivity contribution in [3.63, 3.8) is 0 Å². The molecule has 1 amide bonds. The predicted octanol–water partition coefficient (Wildman–Crippen LogP) is 1.33. The predicted molar refractivity (Wildman–Crippen MR) is 78.7 cm³/mol. The second-order valence-corrected chi connectivity index (χ2v) is 5.50. The lowest BCUT2D eigenvalue weighted by molar-refractivity contribution is 0.0746. The van der Waals surface area contributed by atoms with Crippen LogP contribution in [0.4, 0.5) is 5.69 Å². The van der Waals surface area contributed by atoms with Gasteiger partial charge in [-0.15, -0.1) is 0 Å². The Labute approximate surface area is 120 Å². The number of likely N-dealkylation sites (N-methyl/N-ethyl adjacent to an activating group) is 1. The highest BCUT2D eigenvalue weighted by atomic mass is 16.2. The first kappa shape index (κ1) is 14.4. The molecule has 1 aromatic carbocycles. The summed E-state index contributed by atoms with van der Waals surface area (Å²) in [6, 6.07) is 7.47. The smallest absolute Gasteiger partial charge is 0.255 e. The van der Waals surface area contributed by atoms with E-state index in [1.54, 1.807) is 4.90 Å². The first-order chi connectivity index (χ1) is 9.45. The molecule has 0 aliphatic carbocycles. The number of carbonyl (C=O) groups is 1. The molecule has 1 aliphatic heterocycles. The Balaban J connectivity index is 2.34. The van der Waals surface area contributed by atoms with Gasteiger partial charge in [0.2, 0.25) is 0 Å². The van der Waals surface area contributed by atoms with Gasteiger partial charge in [0.25, 0.3) is 5.91 Å². The minimum absolute atomic E-state index is 0.0429. The Morgan fingerprint density at radius 1 is 1.30 bits per heavy atom. The minimum Gasteiger partial charge on any atom is -0.378 e. The number of fused-ring (bicyclic) bond motifs is 1. The number of rotatable bonds is 4. The van der Waals surface area contributed by atoms with Crippen molar-refractivity contribution in [1.29, 1.82) is 5.26 Å². The van der Waals surface area contributed by atoms with Gasteiger partial charge < -0.3 is 14.7 Å². The van der Waals surface area contributed by atoms with Crippen LogP contribution in [0.3, 0.4) is 0 Å². The molecule has 1 atom stereocenters. The van der Waals surface area contributed by atoms with Crippen LogP contribution in [0.5, 0.6) is 0 Å². The summed E-state index contributed by atoms with van der Waals surface area (Å²) in [6.45, 7) is 1.31. The van der Waals surface area contributed by atoms with Gasteiger partial charge in [-0.2, -0.15) is 5.26 Å². The molecular weight excluding hydrogens is 252 g/mol. The third-order valence-electron chi connectivity index (χ3n) is 3.56. The van der Waals surface area contributed by atoms with Crippen molar-refractivity contribution in [1.82, 2.24) is 9.80 Å². The van der Waals surface area contributed by atoms with Crippen LogP contribution in [0.15, 0.2) is 18.2 Å². The molecule has 1 aliphatic rings. The lowest BCUT2D eigenvalue weighted by Gasteiger charge is -2.22. The zero-order valence-electron chi connectivity index (χ0n) is 12.4. The Morgan fingerprint density at radius 2 is 2.00 bits per heavy atom. The van der Waals surface area contributed by atoms with Crippen molar-refractivity contribution in [2.75, 3.05) is 46.2 Å². The van der Waals surface area contributed by atoms with Crippen LogP contribution in [0.1, 0.15) is 22.0 Å². The Kier molecular flexibility index (Phi) is 3.96. The summed E-state index contributed by atoms with van der Waals surface area (Å²) >= 11 is 0. The molecule has 0 saturated carbocycles. The van der Waals surface area contributed by atoms with Gasteiger partial charge in [0.1, 0.15) is 6.04 Å². The molecule has 0 spiro atoms. The van der Waals surface area contributed by atoms with Gasteiger partial charge >= 0.3 is 0 Å². The number of amides is 1. The van der Waals surface area contributed by atoms with Gasteiger partial charge in [-0.1, -0.05) is 0 Å². The molecule has 5 nitrogen and oxygen atoms in total. The zero-order chi connectivity index (χ0) is 14.9. The highest BCUT2D eigenvalue weighted by Crippen LogP contribution is 2.35. The maximum atomic E-state index is 12.4. The third kappa shape index (κ3) is 2.47. The van der Waals surface area contributed by atoms with Crippen LogP contribution in [0.2, 0.25) is 0 Å². The lowest BCUT2D eigenvalue weighted by Crippen LogP contribution is -2.34. The van der Waals surface area contributed by atoms with Gasteiger partial charge in [0, 0.05) is 44.0 Å². The van der Waals surface area contributed by atoms with Gasteiger partial charge in [0.15, 0.2) is 0 Å². The second-order valence-electron chi connectivity index (χ2n) is 5.50. The van der Waals surface area contributed by atoms with Gasteiger partial charge in [-0.3, -0.25) is 4.79 Å². The van der Waals surface area contributed by atoms with E-state index in [0.29, 0.717) is 12.1 Å².